The third-order valence-electron chi connectivity index (χ3n) is 3.63. The molecule has 1 N–H and O–H groups in total. The first-order valence-electron chi connectivity index (χ1n) is 5.81. The van der Waals surface area contributed by atoms with Crippen LogP contribution in [0.25, 0.3) is 0 Å². The zero-order valence-electron chi connectivity index (χ0n) is 9.80. The molecule has 17 heavy (non-hydrogen) atoms. The van der Waals surface area contributed by atoms with E-state index in [0.717, 1.165) is 18.4 Å². The van der Waals surface area contributed by atoms with Crippen LogP contribution in [0, 0.1) is 21.4 Å². The van der Waals surface area contributed by atoms with Gasteiger partial charge in [0.2, 0.25) is 5.70 Å². The Morgan fingerprint density at radius 3 is 2.88 bits per heavy atom. The van der Waals surface area contributed by atoms with Gasteiger partial charge in [-0.15, -0.1) is 5.16 Å². The largest absolute Gasteiger partial charge is 0.411 e. The van der Waals surface area contributed by atoms with Crippen molar-refractivity contribution in [3.05, 3.63) is 33.5 Å². The minimum Gasteiger partial charge on any atom is -0.411 e. The highest BCUT2D eigenvalue weighted by Gasteiger charge is 2.44. The summed E-state index contributed by atoms with van der Waals surface area (Å²) < 4.78 is 0. The van der Waals surface area contributed by atoms with Gasteiger partial charge in [-0.3, -0.25) is 10.1 Å². The standard InChI is InChI=1S/C12H16N2O3/c1-9-6-12(7-9,8-13-15)10-3-2-4-11(5-10)14(16)17/h3,5,8-9,15H,2,4,6-7H2,1H3/b13-8+. The molecule has 2 rings (SSSR count). The lowest BCUT2D eigenvalue weighted by atomic mass is 9.59. The number of hydrogen-bond donors (Lipinski definition) is 1. The SMILES string of the molecule is CC1CC(/C=N/O)(C2=CCCC([N+](=O)[O-])=C2)C1. The second-order valence-electron chi connectivity index (χ2n) is 5.01. The highest BCUT2D eigenvalue weighted by molar-refractivity contribution is 5.73. The first-order chi connectivity index (χ1) is 8.07. The maximum absolute atomic E-state index is 10.8. The van der Waals surface area contributed by atoms with E-state index in [9.17, 15) is 10.1 Å². The Labute approximate surface area is 99.7 Å². The summed E-state index contributed by atoms with van der Waals surface area (Å²) in [7, 11) is 0. The summed E-state index contributed by atoms with van der Waals surface area (Å²) in [4.78, 5) is 10.5. The van der Waals surface area contributed by atoms with Gasteiger partial charge in [-0.1, -0.05) is 13.0 Å². The molecule has 0 aromatic rings. The molecule has 0 spiro atoms. The van der Waals surface area contributed by atoms with Gasteiger partial charge in [0.1, 0.15) is 0 Å². The summed E-state index contributed by atoms with van der Waals surface area (Å²) in [5.41, 5.74) is 0.912. The molecule has 0 aliphatic heterocycles. The van der Waals surface area contributed by atoms with Gasteiger partial charge in [-0.25, -0.2) is 0 Å². The van der Waals surface area contributed by atoms with Crippen molar-refractivity contribution < 1.29 is 10.1 Å². The van der Waals surface area contributed by atoms with Crippen molar-refractivity contribution in [2.24, 2.45) is 16.5 Å². The summed E-state index contributed by atoms with van der Waals surface area (Å²) in [6, 6.07) is 0. The van der Waals surface area contributed by atoms with E-state index in [4.69, 9.17) is 5.21 Å². The van der Waals surface area contributed by atoms with Crippen molar-refractivity contribution >= 4 is 6.21 Å². The lowest BCUT2D eigenvalue weighted by Gasteiger charge is -2.44. The van der Waals surface area contributed by atoms with Gasteiger partial charge in [0.05, 0.1) is 11.1 Å². The van der Waals surface area contributed by atoms with Crippen molar-refractivity contribution in [3.8, 4) is 0 Å². The fourth-order valence-corrected chi connectivity index (χ4v) is 2.89. The maximum Gasteiger partial charge on any atom is 0.246 e. The predicted octanol–water partition coefficient (Wildman–Crippen LogP) is 2.74. The summed E-state index contributed by atoms with van der Waals surface area (Å²) in [6.45, 7) is 2.13. The first-order valence-corrected chi connectivity index (χ1v) is 5.81. The molecular weight excluding hydrogens is 220 g/mol. The van der Waals surface area contributed by atoms with E-state index in [1.54, 1.807) is 6.08 Å². The highest BCUT2D eigenvalue weighted by atomic mass is 16.6. The Balaban J connectivity index is 2.27. The van der Waals surface area contributed by atoms with Gasteiger partial charge in [-0.2, -0.15) is 0 Å². The average Bonchev–Trinajstić information content (AvgIpc) is 2.27. The quantitative estimate of drug-likeness (QED) is 0.354. The maximum atomic E-state index is 10.8. The van der Waals surface area contributed by atoms with Crippen LogP contribution in [0.1, 0.15) is 32.6 Å². The summed E-state index contributed by atoms with van der Waals surface area (Å²) in [5, 5.41) is 22.7. The molecule has 92 valence electrons. The molecule has 0 aromatic heterocycles. The van der Waals surface area contributed by atoms with Gasteiger partial charge in [0.25, 0.3) is 0 Å². The summed E-state index contributed by atoms with van der Waals surface area (Å²) in [6.07, 6.45) is 8.17. The first kappa shape index (κ1) is 11.8. The zero-order valence-corrected chi connectivity index (χ0v) is 9.80. The van der Waals surface area contributed by atoms with Crippen molar-refractivity contribution in [2.75, 3.05) is 0 Å². The predicted molar refractivity (Wildman–Crippen MR) is 63.5 cm³/mol. The Bertz CT molecular complexity index is 417. The molecule has 0 bridgehead atoms. The Hall–Kier alpha value is -1.65. The van der Waals surface area contributed by atoms with Crippen molar-refractivity contribution in [2.45, 2.75) is 32.6 Å². The molecular formula is C12H16N2O3. The third kappa shape index (κ3) is 2.09. The van der Waals surface area contributed by atoms with E-state index < -0.39 is 0 Å². The molecule has 5 heteroatoms. The molecule has 2 aliphatic rings. The molecule has 0 unspecified atom stereocenters. The molecule has 5 nitrogen and oxygen atoms in total. The van der Waals surface area contributed by atoms with Crippen LogP contribution in [-0.2, 0) is 0 Å². The van der Waals surface area contributed by atoms with Crippen molar-refractivity contribution in [1.29, 1.82) is 0 Å². The van der Waals surface area contributed by atoms with Crippen LogP contribution in [-0.4, -0.2) is 16.3 Å². The number of hydrogen-bond acceptors (Lipinski definition) is 4. The zero-order chi connectivity index (χ0) is 12.5. The van der Waals surface area contributed by atoms with E-state index in [1.165, 1.54) is 6.21 Å². The van der Waals surface area contributed by atoms with Gasteiger partial charge in [0.15, 0.2) is 0 Å². The Morgan fingerprint density at radius 2 is 2.35 bits per heavy atom. The van der Waals surface area contributed by atoms with Gasteiger partial charge in [-0.05, 0) is 30.8 Å². The number of rotatable bonds is 3. The molecule has 0 atom stereocenters. The van der Waals surface area contributed by atoms with Crippen LogP contribution in [0.15, 0.2) is 28.6 Å². The Morgan fingerprint density at radius 1 is 1.65 bits per heavy atom. The van der Waals surface area contributed by atoms with Crippen LogP contribution in [0.3, 0.4) is 0 Å². The van der Waals surface area contributed by atoms with E-state index >= 15 is 0 Å². The van der Waals surface area contributed by atoms with Crippen molar-refractivity contribution in [1.82, 2.24) is 0 Å². The molecule has 0 heterocycles. The second-order valence-corrected chi connectivity index (χ2v) is 5.01. The lowest BCUT2D eigenvalue weighted by molar-refractivity contribution is -0.428. The molecule has 0 amide bonds. The lowest BCUT2D eigenvalue weighted by Crippen LogP contribution is -2.39. The molecule has 1 fully saturated rings. The number of allylic oxidation sites excluding steroid dienone is 4. The number of oxime groups is 1. The monoisotopic (exact) mass is 236 g/mol. The molecule has 0 radical (unpaired) electrons. The summed E-state index contributed by atoms with van der Waals surface area (Å²) in [5.74, 6) is 0.572. The Kier molecular flexibility index (Phi) is 3.00. The van der Waals surface area contributed by atoms with Crippen LogP contribution in [0.4, 0.5) is 0 Å². The van der Waals surface area contributed by atoms with E-state index in [1.807, 2.05) is 6.08 Å². The minimum absolute atomic E-state index is 0.257. The van der Waals surface area contributed by atoms with Crippen LogP contribution < -0.4 is 0 Å². The van der Waals surface area contributed by atoms with E-state index in [-0.39, 0.29) is 16.0 Å². The van der Waals surface area contributed by atoms with Crippen LogP contribution >= 0.6 is 0 Å². The number of nitrogens with zero attached hydrogens (tertiary/aromatic N) is 2. The van der Waals surface area contributed by atoms with E-state index in [0.29, 0.717) is 18.8 Å². The van der Waals surface area contributed by atoms with Crippen molar-refractivity contribution in [3.63, 3.8) is 0 Å². The summed E-state index contributed by atoms with van der Waals surface area (Å²) >= 11 is 0. The normalized spacial score (nSPS) is 32.9. The average molecular weight is 236 g/mol. The minimum atomic E-state index is -0.321. The highest BCUT2D eigenvalue weighted by Crippen LogP contribution is 2.51. The van der Waals surface area contributed by atoms with Crippen LogP contribution in [0.5, 0.6) is 0 Å². The van der Waals surface area contributed by atoms with Gasteiger partial charge >= 0.3 is 0 Å². The fraction of sp³-hybridized carbons (Fsp3) is 0.583. The smallest absolute Gasteiger partial charge is 0.246 e. The molecule has 2 aliphatic carbocycles. The van der Waals surface area contributed by atoms with Gasteiger partial charge in [0, 0.05) is 17.9 Å². The van der Waals surface area contributed by atoms with Crippen LogP contribution in [0.2, 0.25) is 0 Å². The topological polar surface area (TPSA) is 75.7 Å². The third-order valence-corrected chi connectivity index (χ3v) is 3.63. The molecule has 1 saturated carbocycles. The molecule has 0 saturated heterocycles. The molecule has 0 aromatic carbocycles. The van der Waals surface area contributed by atoms with E-state index in [2.05, 4.69) is 12.1 Å². The van der Waals surface area contributed by atoms with Gasteiger partial charge < -0.3 is 5.21 Å². The second kappa shape index (κ2) is 4.31. The number of nitro groups is 1. The fourth-order valence-electron chi connectivity index (χ4n) is 2.89.